The van der Waals surface area contributed by atoms with Crippen LogP contribution in [0.15, 0.2) is 24.3 Å². The monoisotopic (exact) mass is 257 g/mol. The second kappa shape index (κ2) is 7.54. The van der Waals surface area contributed by atoms with Gasteiger partial charge in [-0.25, -0.2) is 0 Å². The summed E-state index contributed by atoms with van der Waals surface area (Å²) < 4.78 is 5.55. The van der Waals surface area contributed by atoms with Crippen LogP contribution in [0.2, 0.25) is 0 Å². The smallest absolute Gasteiger partial charge is 0.124 e. The molecular formula is C13H20ClNO2. The summed E-state index contributed by atoms with van der Waals surface area (Å²) in [5, 5.41) is 8.72. The van der Waals surface area contributed by atoms with Gasteiger partial charge in [0, 0.05) is 18.7 Å². The van der Waals surface area contributed by atoms with Crippen molar-refractivity contribution in [2.45, 2.75) is 12.3 Å². The highest BCUT2D eigenvalue weighted by molar-refractivity contribution is 6.21. The summed E-state index contributed by atoms with van der Waals surface area (Å²) in [4.78, 5) is 2.00. The van der Waals surface area contributed by atoms with Gasteiger partial charge < -0.3 is 14.7 Å². The minimum absolute atomic E-state index is 0.130. The molecule has 1 rings (SSSR count). The van der Waals surface area contributed by atoms with E-state index in [4.69, 9.17) is 21.4 Å². The van der Waals surface area contributed by atoms with Crippen molar-refractivity contribution < 1.29 is 9.84 Å². The van der Waals surface area contributed by atoms with Crippen molar-refractivity contribution in [1.82, 2.24) is 4.90 Å². The third kappa shape index (κ3) is 4.54. The highest BCUT2D eigenvalue weighted by Crippen LogP contribution is 2.30. The fourth-order valence-corrected chi connectivity index (χ4v) is 2.08. The molecule has 0 saturated heterocycles. The lowest BCUT2D eigenvalue weighted by Crippen LogP contribution is -2.25. The van der Waals surface area contributed by atoms with Crippen molar-refractivity contribution in [2.24, 2.45) is 0 Å². The fourth-order valence-electron chi connectivity index (χ4n) is 1.66. The Bertz CT molecular complexity index is 333. The minimum atomic E-state index is -0.130. The molecule has 0 aliphatic carbocycles. The molecule has 0 saturated carbocycles. The molecule has 0 heterocycles. The Balaban J connectivity index is 2.70. The van der Waals surface area contributed by atoms with Crippen molar-refractivity contribution >= 4 is 11.6 Å². The van der Waals surface area contributed by atoms with Gasteiger partial charge in [-0.1, -0.05) is 18.2 Å². The number of nitrogens with zero attached hydrogens (tertiary/aromatic N) is 1. The summed E-state index contributed by atoms with van der Waals surface area (Å²) in [6.07, 6.45) is 0. The standard InChI is InChI=1S/C13H20ClNO2/c1-3-17-13-7-5-4-6-11(13)12(14)10-15(2)8-9-16/h4-7,12,16H,3,8-10H2,1-2H3. The van der Waals surface area contributed by atoms with Crippen LogP contribution in [0.1, 0.15) is 17.9 Å². The van der Waals surface area contributed by atoms with E-state index in [0.717, 1.165) is 11.3 Å². The lowest BCUT2D eigenvalue weighted by Gasteiger charge is -2.20. The van der Waals surface area contributed by atoms with Crippen LogP contribution in [0.5, 0.6) is 5.75 Å². The van der Waals surface area contributed by atoms with Gasteiger partial charge in [0.1, 0.15) is 5.75 Å². The van der Waals surface area contributed by atoms with E-state index in [1.165, 1.54) is 0 Å². The maximum Gasteiger partial charge on any atom is 0.124 e. The molecule has 0 aromatic heterocycles. The number of halogens is 1. The van der Waals surface area contributed by atoms with Gasteiger partial charge in [-0.05, 0) is 20.0 Å². The second-order valence-corrected chi connectivity index (χ2v) is 4.45. The van der Waals surface area contributed by atoms with Gasteiger partial charge in [0.05, 0.1) is 18.6 Å². The Labute approximate surface area is 108 Å². The van der Waals surface area contributed by atoms with Crippen LogP contribution in [-0.2, 0) is 0 Å². The van der Waals surface area contributed by atoms with Crippen LogP contribution in [0.25, 0.3) is 0 Å². The number of alkyl halides is 1. The number of hydrogen-bond acceptors (Lipinski definition) is 3. The summed E-state index contributed by atoms with van der Waals surface area (Å²) in [5.74, 6) is 0.840. The van der Waals surface area contributed by atoms with E-state index in [-0.39, 0.29) is 12.0 Å². The van der Waals surface area contributed by atoms with E-state index in [2.05, 4.69) is 0 Å². The molecule has 4 heteroatoms. The molecule has 0 aliphatic heterocycles. The van der Waals surface area contributed by atoms with Gasteiger partial charge in [0.25, 0.3) is 0 Å². The lowest BCUT2D eigenvalue weighted by atomic mass is 10.1. The summed E-state index contributed by atoms with van der Waals surface area (Å²) in [6.45, 7) is 4.05. The van der Waals surface area contributed by atoms with Crippen LogP contribution in [0.3, 0.4) is 0 Å². The number of likely N-dealkylation sites (N-methyl/N-ethyl adjacent to an activating group) is 1. The summed E-state index contributed by atoms with van der Waals surface area (Å²) in [6, 6.07) is 7.81. The van der Waals surface area contributed by atoms with E-state index >= 15 is 0 Å². The predicted octanol–water partition coefficient (Wildman–Crippen LogP) is 2.29. The third-order valence-electron chi connectivity index (χ3n) is 2.51. The Morgan fingerprint density at radius 2 is 2.12 bits per heavy atom. The Hall–Kier alpha value is -0.770. The number of rotatable bonds is 7. The minimum Gasteiger partial charge on any atom is -0.494 e. The van der Waals surface area contributed by atoms with Gasteiger partial charge in [-0.15, -0.1) is 11.6 Å². The van der Waals surface area contributed by atoms with Crippen molar-refractivity contribution in [3.63, 3.8) is 0 Å². The van der Waals surface area contributed by atoms with Crippen molar-refractivity contribution in [2.75, 3.05) is 33.4 Å². The number of benzene rings is 1. The molecular weight excluding hydrogens is 238 g/mol. The molecule has 1 N–H and O–H groups in total. The Kier molecular flexibility index (Phi) is 6.34. The summed E-state index contributed by atoms with van der Waals surface area (Å²) >= 11 is 6.37. The number of ether oxygens (including phenoxy) is 1. The summed E-state index contributed by atoms with van der Waals surface area (Å²) in [7, 11) is 1.94. The molecule has 1 unspecified atom stereocenters. The lowest BCUT2D eigenvalue weighted by molar-refractivity contribution is 0.221. The molecule has 0 radical (unpaired) electrons. The predicted molar refractivity (Wildman–Crippen MR) is 70.8 cm³/mol. The van der Waals surface area contributed by atoms with E-state index < -0.39 is 0 Å². The fraction of sp³-hybridized carbons (Fsp3) is 0.538. The highest BCUT2D eigenvalue weighted by atomic mass is 35.5. The maximum atomic E-state index is 8.85. The zero-order valence-electron chi connectivity index (χ0n) is 10.4. The van der Waals surface area contributed by atoms with E-state index in [1.54, 1.807) is 0 Å². The Morgan fingerprint density at radius 3 is 2.76 bits per heavy atom. The number of aliphatic hydroxyl groups excluding tert-OH is 1. The molecule has 0 spiro atoms. The van der Waals surface area contributed by atoms with E-state index in [9.17, 15) is 0 Å². The quantitative estimate of drug-likeness (QED) is 0.761. The largest absolute Gasteiger partial charge is 0.494 e. The van der Waals surface area contributed by atoms with Crippen LogP contribution in [-0.4, -0.2) is 43.4 Å². The first kappa shape index (κ1) is 14.3. The number of hydrogen-bond donors (Lipinski definition) is 1. The topological polar surface area (TPSA) is 32.7 Å². The van der Waals surface area contributed by atoms with E-state index in [0.29, 0.717) is 19.7 Å². The molecule has 1 aromatic rings. The van der Waals surface area contributed by atoms with Crippen molar-refractivity contribution in [1.29, 1.82) is 0 Å². The second-order valence-electron chi connectivity index (χ2n) is 3.92. The molecule has 0 amide bonds. The molecule has 0 fully saturated rings. The zero-order valence-corrected chi connectivity index (χ0v) is 11.2. The van der Waals surface area contributed by atoms with Crippen LogP contribution >= 0.6 is 11.6 Å². The zero-order chi connectivity index (χ0) is 12.7. The molecule has 1 atom stereocenters. The van der Waals surface area contributed by atoms with Crippen LogP contribution in [0, 0.1) is 0 Å². The maximum absolute atomic E-state index is 8.85. The average Bonchev–Trinajstić information content (AvgIpc) is 2.30. The number of para-hydroxylation sites is 1. The Morgan fingerprint density at radius 1 is 1.41 bits per heavy atom. The van der Waals surface area contributed by atoms with Gasteiger partial charge in [-0.3, -0.25) is 0 Å². The third-order valence-corrected chi connectivity index (χ3v) is 2.88. The normalized spacial score (nSPS) is 12.8. The van der Waals surface area contributed by atoms with Crippen molar-refractivity contribution in [3.05, 3.63) is 29.8 Å². The number of aliphatic hydroxyl groups is 1. The average molecular weight is 258 g/mol. The molecule has 3 nitrogen and oxygen atoms in total. The molecule has 96 valence electrons. The van der Waals surface area contributed by atoms with Gasteiger partial charge in [0.2, 0.25) is 0 Å². The summed E-state index contributed by atoms with van der Waals surface area (Å²) in [5.41, 5.74) is 1.00. The first-order valence-electron chi connectivity index (χ1n) is 5.84. The molecule has 17 heavy (non-hydrogen) atoms. The highest BCUT2D eigenvalue weighted by Gasteiger charge is 2.15. The first-order valence-corrected chi connectivity index (χ1v) is 6.27. The molecule has 0 bridgehead atoms. The van der Waals surface area contributed by atoms with Gasteiger partial charge in [-0.2, -0.15) is 0 Å². The van der Waals surface area contributed by atoms with Gasteiger partial charge >= 0.3 is 0 Å². The first-order chi connectivity index (χ1) is 8.19. The van der Waals surface area contributed by atoms with Crippen LogP contribution in [0.4, 0.5) is 0 Å². The van der Waals surface area contributed by atoms with Crippen molar-refractivity contribution in [3.8, 4) is 5.75 Å². The molecule has 0 aliphatic rings. The van der Waals surface area contributed by atoms with Gasteiger partial charge in [0.15, 0.2) is 0 Å². The van der Waals surface area contributed by atoms with E-state index in [1.807, 2.05) is 43.1 Å². The molecule has 1 aromatic carbocycles. The SMILES string of the molecule is CCOc1ccccc1C(Cl)CN(C)CCO. The van der Waals surface area contributed by atoms with Crippen LogP contribution < -0.4 is 4.74 Å².